The van der Waals surface area contributed by atoms with Gasteiger partial charge in [0, 0.05) is 83.8 Å². The summed E-state index contributed by atoms with van der Waals surface area (Å²) in [5.74, 6) is 1.96. The topological polar surface area (TPSA) is 236 Å². The van der Waals surface area contributed by atoms with Crippen molar-refractivity contribution in [2.75, 3.05) is 86.1 Å². The number of likely N-dealkylation sites (N-methyl/N-ethyl adjacent to an activating group) is 2. The first-order chi connectivity index (χ1) is 52.1. The highest BCUT2D eigenvalue weighted by Gasteiger charge is 2.46. The number of ketones is 1. The number of piperidine rings is 3. The maximum absolute atomic E-state index is 14.0. The SMILES string of the molecule is C.C.C.C.CC(C)(C)OC(=O)C[C@H](C(=O)O)C1CCCCC1.CN[C@@H](C)C(=O)C[C@H](C(=O)N1CC[C@H]2CCN(CCc3ccccc3)C[C@H]21)C1CCCCC1.C[C@@H](C(=O)O)N(C)C(=O)OC(C)(C)C.N[C@H](C(=O)N1CC[C@H]2CCN(CCc3ccccc3)C[C@H]21)C1CCCCC1.c1ccc(CCN2CC[C@@H]3CCC[C@@H]3C2)cc1. The van der Waals surface area contributed by atoms with E-state index in [1.807, 2.05) is 14.0 Å². The summed E-state index contributed by atoms with van der Waals surface area (Å²) in [5.41, 5.74) is 9.57. The van der Waals surface area contributed by atoms with Crippen LogP contribution in [0.4, 0.5) is 4.79 Å². The number of nitrogens with one attached hydrogen (secondary N) is 1. The number of carboxylic acid groups (broad SMARTS) is 2. The molecule has 4 saturated carbocycles. The number of likely N-dealkylation sites (tertiary alicyclic amines) is 5. The first-order valence-corrected chi connectivity index (χ1v) is 42.6. The second kappa shape index (κ2) is 49.7. The van der Waals surface area contributed by atoms with Gasteiger partial charge in [0.05, 0.1) is 24.4 Å². The van der Waals surface area contributed by atoms with Gasteiger partial charge in [0.15, 0.2) is 0 Å². The Kier molecular flexibility index (Phi) is 43.6. The summed E-state index contributed by atoms with van der Waals surface area (Å²) in [6, 6.07) is 31.7. The average molecular weight is 1580 g/mol. The second-order valence-corrected chi connectivity index (χ2v) is 35.6. The van der Waals surface area contributed by atoms with E-state index in [1.165, 1.54) is 153 Å². The van der Waals surface area contributed by atoms with Gasteiger partial charge < -0.3 is 55.2 Å². The molecule has 9 aliphatic rings. The van der Waals surface area contributed by atoms with Gasteiger partial charge in [0.2, 0.25) is 11.8 Å². The number of fused-ring (bicyclic) bond motifs is 3. The van der Waals surface area contributed by atoms with Crippen LogP contribution in [0.25, 0.3) is 0 Å². The Labute approximate surface area is 685 Å². The fraction of sp³-hybridized carbons (Fsp3) is 0.734. The van der Waals surface area contributed by atoms with E-state index in [0.29, 0.717) is 42.2 Å². The van der Waals surface area contributed by atoms with Crippen molar-refractivity contribution in [2.24, 2.45) is 59.0 Å². The zero-order chi connectivity index (χ0) is 78.6. The number of hydrogen-bond acceptors (Lipinski definition) is 14. The molecule has 5 saturated heterocycles. The molecular weight excluding hydrogens is 1420 g/mol. The van der Waals surface area contributed by atoms with Crippen molar-refractivity contribution < 1.29 is 53.2 Å². The predicted molar refractivity (Wildman–Crippen MR) is 461 cm³/mol. The fourth-order valence-electron chi connectivity index (χ4n) is 18.7. The summed E-state index contributed by atoms with van der Waals surface area (Å²) < 4.78 is 10.2. The van der Waals surface area contributed by atoms with Crippen molar-refractivity contribution in [3.8, 4) is 0 Å². The minimum Gasteiger partial charge on any atom is -0.481 e. The van der Waals surface area contributed by atoms with E-state index in [9.17, 15) is 38.7 Å². The highest BCUT2D eigenvalue weighted by atomic mass is 16.6. The number of hydrogen-bond donors (Lipinski definition) is 4. The van der Waals surface area contributed by atoms with Crippen LogP contribution in [0.15, 0.2) is 91.0 Å². The molecule has 4 aliphatic carbocycles. The molecule has 0 unspecified atom stereocenters. The Balaban J connectivity index is 0.000000306. The minimum absolute atomic E-state index is 0. The number of ether oxygens (including phenoxy) is 2. The van der Waals surface area contributed by atoms with E-state index < -0.39 is 47.2 Å². The van der Waals surface area contributed by atoms with Gasteiger partial charge in [-0.3, -0.25) is 28.9 Å². The number of rotatable bonds is 23. The Morgan fingerprint density at radius 1 is 0.460 bits per heavy atom. The lowest BCUT2D eigenvalue weighted by Crippen LogP contribution is -2.55. The zero-order valence-electron chi connectivity index (χ0n) is 68.6. The molecule has 113 heavy (non-hydrogen) atoms. The first kappa shape index (κ1) is 99.1. The molecule has 5 aliphatic heterocycles. The zero-order valence-corrected chi connectivity index (χ0v) is 68.6. The Morgan fingerprint density at radius 2 is 0.841 bits per heavy atom. The number of aliphatic carboxylic acids is 2. The van der Waals surface area contributed by atoms with Crippen LogP contribution in [-0.4, -0.2) is 209 Å². The van der Waals surface area contributed by atoms with Gasteiger partial charge in [0.1, 0.15) is 23.0 Å². The number of nitrogens with two attached hydrogens (primary N) is 1. The van der Waals surface area contributed by atoms with Gasteiger partial charge in [0.25, 0.3) is 0 Å². The van der Waals surface area contributed by atoms with Crippen molar-refractivity contribution in [1.82, 2.24) is 34.7 Å². The van der Waals surface area contributed by atoms with Crippen molar-refractivity contribution in [2.45, 2.75) is 306 Å². The van der Waals surface area contributed by atoms with Crippen molar-refractivity contribution in [1.29, 1.82) is 0 Å². The molecule has 0 bridgehead atoms. The molecule has 640 valence electrons. The van der Waals surface area contributed by atoms with Crippen molar-refractivity contribution in [3.05, 3.63) is 108 Å². The lowest BCUT2D eigenvalue weighted by Gasteiger charge is -2.40. The summed E-state index contributed by atoms with van der Waals surface area (Å²) in [6.45, 7) is 26.1. The number of carbonyl (C=O) groups is 7. The summed E-state index contributed by atoms with van der Waals surface area (Å²) in [5, 5.41) is 21.0. The molecule has 3 aromatic carbocycles. The fourth-order valence-corrected chi connectivity index (χ4v) is 18.7. The number of amides is 3. The van der Waals surface area contributed by atoms with Gasteiger partial charge in [-0.1, -0.05) is 191 Å². The van der Waals surface area contributed by atoms with Gasteiger partial charge in [-0.25, -0.2) is 9.59 Å². The van der Waals surface area contributed by atoms with Crippen LogP contribution < -0.4 is 11.1 Å². The van der Waals surface area contributed by atoms with Crippen LogP contribution >= 0.6 is 0 Å². The molecule has 9 fully saturated rings. The Morgan fingerprint density at radius 3 is 1.25 bits per heavy atom. The highest BCUT2D eigenvalue weighted by Crippen LogP contribution is 2.41. The third-order valence-corrected chi connectivity index (χ3v) is 25.5. The van der Waals surface area contributed by atoms with Gasteiger partial charge in [-0.2, -0.15) is 0 Å². The lowest BCUT2D eigenvalue weighted by molar-refractivity contribution is -0.161. The molecule has 0 spiro atoms. The molecule has 3 amide bonds. The maximum atomic E-state index is 14.0. The number of Topliss-reactive ketones (excluding diaryl/α,β-unsaturated/α-hetero) is 1. The summed E-state index contributed by atoms with van der Waals surface area (Å²) in [7, 11) is 3.23. The largest absolute Gasteiger partial charge is 0.481 e. The summed E-state index contributed by atoms with van der Waals surface area (Å²) in [6.07, 6.45) is 30.9. The smallest absolute Gasteiger partial charge is 0.410 e. The van der Waals surface area contributed by atoms with E-state index in [-0.39, 0.29) is 77.6 Å². The Bertz CT molecular complexity index is 3220. The van der Waals surface area contributed by atoms with E-state index in [4.69, 9.17) is 20.3 Å². The Hall–Kier alpha value is -6.25. The molecule has 5 heterocycles. The predicted octanol–water partition coefficient (Wildman–Crippen LogP) is 17.2. The number of esters is 1. The molecular formula is C94H158N8O11. The average Bonchev–Trinajstić information content (AvgIpc) is 1.67. The molecule has 19 nitrogen and oxygen atoms in total. The molecule has 11 atom stereocenters. The molecule has 0 aromatic heterocycles. The number of carboxylic acids is 2. The third kappa shape index (κ3) is 32.3. The molecule has 5 N–H and O–H groups in total. The van der Waals surface area contributed by atoms with E-state index >= 15 is 0 Å². The molecule has 12 rings (SSSR count). The highest BCUT2D eigenvalue weighted by molar-refractivity contribution is 5.90. The van der Waals surface area contributed by atoms with Crippen LogP contribution in [-0.2, 0) is 57.5 Å². The van der Waals surface area contributed by atoms with Gasteiger partial charge >= 0.3 is 24.0 Å². The van der Waals surface area contributed by atoms with E-state index in [2.05, 4.69) is 121 Å². The van der Waals surface area contributed by atoms with Gasteiger partial charge in [-0.15, -0.1) is 0 Å². The standard InChI is InChI=1S/C28H43N3O2.C23H35N3O.C16H23N.C14H24O4.C9H17NO4.4CH4/c1-21(29-2)27(32)19-25(23-11-7-4-8-12-23)28(33)31-18-15-24-14-17-30(20-26(24)31)16-13-22-9-5-3-6-10-22;24-22(20-9-5-2-6-10-20)23(27)26-16-13-19-12-15-25(17-21(19)26)14-11-18-7-3-1-4-8-18;1-2-5-14(6-3-1)9-11-17-12-10-15-7-4-8-16(15)13-17;1-14(2,3)18-12(15)9-11(13(16)17)10-7-5-4-6-8-10;1-6(7(11)12)10(5)8(13)14-9(2,3)4;;;;/h3,5-6,9-10,21,23-26,29H,4,7-8,11-20H2,1-2H3;1,3-4,7-8,19-22H,2,5-6,9-17,24H2;1-3,5-6,15-16H,4,7-13H2;10-11H,4-9H2,1-3H3,(H,16,17);6H,1-5H3,(H,11,12);4*1H4/t21-,24+,25-,26+;19-,21-,22+;15-,16+;11-;6-;;;;/m01000..../s1. The van der Waals surface area contributed by atoms with E-state index in [0.717, 1.165) is 133 Å². The number of benzene rings is 3. The van der Waals surface area contributed by atoms with Crippen molar-refractivity contribution >= 4 is 41.6 Å². The number of carbonyl (C=O) groups excluding carboxylic acids is 5. The minimum atomic E-state index is -1.06. The van der Waals surface area contributed by atoms with Crippen LogP contribution in [0.2, 0.25) is 0 Å². The van der Waals surface area contributed by atoms with Crippen LogP contribution in [0.3, 0.4) is 0 Å². The summed E-state index contributed by atoms with van der Waals surface area (Å²) in [4.78, 5) is 98.2. The quantitative estimate of drug-likeness (QED) is 0.0646. The third-order valence-electron chi connectivity index (χ3n) is 25.5. The lowest BCUT2D eigenvalue weighted by atomic mass is 9.76. The van der Waals surface area contributed by atoms with E-state index in [1.54, 1.807) is 41.5 Å². The van der Waals surface area contributed by atoms with Crippen molar-refractivity contribution in [3.63, 3.8) is 0 Å². The number of nitrogens with zero attached hydrogens (tertiary/aromatic N) is 6. The molecule has 0 radical (unpaired) electrons. The molecule has 19 heteroatoms. The molecule has 3 aromatic rings. The normalized spacial score (nSPS) is 23.4. The summed E-state index contributed by atoms with van der Waals surface area (Å²) >= 11 is 0. The monoisotopic (exact) mass is 1580 g/mol. The first-order valence-electron chi connectivity index (χ1n) is 42.6. The maximum Gasteiger partial charge on any atom is 0.410 e. The van der Waals surface area contributed by atoms with Crippen LogP contribution in [0.5, 0.6) is 0 Å². The second-order valence-electron chi connectivity index (χ2n) is 35.6. The van der Waals surface area contributed by atoms with Crippen LogP contribution in [0, 0.1) is 53.3 Å². The van der Waals surface area contributed by atoms with Crippen LogP contribution in [0.1, 0.15) is 262 Å². The van der Waals surface area contributed by atoms with Gasteiger partial charge in [-0.05, 0) is 236 Å².